The molecule has 0 aromatic heterocycles. The zero-order valence-corrected chi connectivity index (χ0v) is 11.4. The Morgan fingerprint density at radius 1 is 1.17 bits per heavy atom. The monoisotopic (exact) mass is 299 g/mol. The number of hydrogen-bond donors (Lipinski definition) is 0. The quantitative estimate of drug-likeness (QED) is 0.616. The predicted molar refractivity (Wildman–Crippen MR) is 54.8 cm³/mol. The molecule has 0 amide bonds. The van der Waals surface area contributed by atoms with Gasteiger partial charge in [0.25, 0.3) is 0 Å². The van der Waals surface area contributed by atoms with E-state index in [1.165, 1.54) is 19.6 Å². The van der Waals surface area contributed by atoms with Crippen LogP contribution in [-0.2, 0) is 0 Å². The highest BCUT2D eigenvalue weighted by atomic mass is 79.9. The molecule has 0 aliphatic carbocycles. The van der Waals surface area contributed by atoms with Gasteiger partial charge in [-0.2, -0.15) is 0 Å². The molecule has 3 heteroatoms. The Bertz CT molecular complexity index is 122. The van der Waals surface area contributed by atoms with Gasteiger partial charge in [0.15, 0.2) is 0 Å². The lowest BCUT2D eigenvalue weighted by molar-refractivity contribution is -0.918. The summed E-state index contributed by atoms with van der Waals surface area (Å²) in [6.07, 6.45) is 0. The molecule has 0 saturated heterocycles. The lowest BCUT2D eigenvalue weighted by Crippen LogP contribution is -3.00. The highest BCUT2D eigenvalue weighted by molar-refractivity contribution is 9.11. The van der Waals surface area contributed by atoms with E-state index < -0.39 is 0 Å². The maximum Gasteiger partial charge on any atom is 0.110 e. The molecule has 1 nitrogen and oxygen atoms in total. The first-order valence-electron chi connectivity index (χ1n) is 4.28. The minimum atomic E-state index is 0. The summed E-state index contributed by atoms with van der Waals surface area (Å²) >= 11 is 3.42. The second-order valence-electron chi connectivity index (χ2n) is 2.97. The first kappa shape index (κ1) is 15.1. The van der Waals surface area contributed by atoms with Crippen molar-refractivity contribution in [2.45, 2.75) is 20.8 Å². The Morgan fingerprint density at radius 3 is 1.58 bits per heavy atom. The largest absolute Gasteiger partial charge is 1.00 e. The molecular formula is C9H19Br2N. The van der Waals surface area contributed by atoms with Crippen molar-refractivity contribution in [1.29, 1.82) is 0 Å². The predicted octanol–water partition coefficient (Wildman–Crippen LogP) is -0.224. The van der Waals surface area contributed by atoms with Crippen molar-refractivity contribution in [3.8, 4) is 0 Å². The van der Waals surface area contributed by atoms with Crippen molar-refractivity contribution in [2.75, 3.05) is 26.2 Å². The molecule has 0 bridgehead atoms. The highest BCUT2D eigenvalue weighted by Crippen LogP contribution is 2.12. The average Bonchev–Trinajstić information content (AvgIpc) is 2.00. The van der Waals surface area contributed by atoms with Crippen LogP contribution in [0.3, 0.4) is 0 Å². The number of hydrogen-bond acceptors (Lipinski definition) is 0. The van der Waals surface area contributed by atoms with Crippen LogP contribution in [0.1, 0.15) is 20.8 Å². The lowest BCUT2D eigenvalue weighted by atomic mass is 10.3. The molecule has 0 saturated carbocycles. The van der Waals surface area contributed by atoms with E-state index in [4.69, 9.17) is 0 Å². The highest BCUT2D eigenvalue weighted by Gasteiger charge is 2.20. The van der Waals surface area contributed by atoms with Gasteiger partial charge in [-0.05, 0) is 20.8 Å². The topological polar surface area (TPSA) is 0 Å². The molecule has 0 atom stereocenters. The number of quaternary nitrogens is 1. The summed E-state index contributed by atoms with van der Waals surface area (Å²) in [5.41, 5.74) is 0. The van der Waals surface area contributed by atoms with E-state index >= 15 is 0 Å². The number of nitrogens with zero attached hydrogens (tertiary/aromatic N) is 1. The van der Waals surface area contributed by atoms with Gasteiger partial charge in [-0.1, -0.05) is 22.5 Å². The smallest absolute Gasteiger partial charge is 0.110 e. The van der Waals surface area contributed by atoms with Gasteiger partial charge >= 0.3 is 0 Å². The van der Waals surface area contributed by atoms with Crippen LogP contribution in [0, 0.1) is 0 Å². The molecule has 74 valence electrons. The molecule has 0 aliphatic heterocycles. The van der Waals surface area contributed by atoms with Gasteiger partial charge in [-0.3, -0.25) is 0 Å². The third-order valence-electron chi connectivity index (χ3n) is 2.52. The molecule has 0 spiro atoms. The molecular weight excluding hydrogens is 282 g/mol. The van der Waals surface area contributed by atoms with Crippen molar-refractivity contribution < 1.29 is 21.5 Å². The average molecular weight is 301 g/mol. The van der Waals surface area contributed by atoms with Crippen LogP contribution in [0.15, 0.2) is 11.1 Å². The Balaban J connectivity index is 0. The molecule has 0 aromatic carbocycles. The third kappa shape index (κ3) is 4.63. The van der Waals surface area contributed by atoms with E-state index in [9.17, 15) is 0 Å². The van der Waals surface area contributed by atoms with Gasteiger partial charge in [0.05, 0.1) is 19.6 Å². The molecule has 0 aromatic rings. The van der Waals surface area contributed by atoms with E-state index in [0.29, 0.717) is 0 Å². The Hall–Kier alpha value is 0.660. The van der Waals surface area contributed by atoms with E-state index in [-0.39, 0.29) is 17.0 Å². The van der Waals surface area contributed by atoms with Gasteiger partial charge < -0.3 is 21.5 Å². The summed E-state index contributed by atoms with van der Waals surface area (Å²) in [4.78, 5) is 0. The summed E-state index contributed by atoms with van der Waals surface area (Å²) < 4.78 is 2.26. The van der Waals surface area contributed by atoms with Crippen LogP contribution in [0.4, 0.5) is 0 Å². The maximum atomic E-state index is 3.88. The first-order chi connectivity index (χ1) is 5.10. The van der Waals surface area contributed by atoms with E-state index in [0.717, 1.165) is 15.5 Å². The van der Waals surface area contributed by atoms with Crippen molar-refractivity contribution in [3.63, 3.8) is 0 Å². The molecule has 12 heavy (non-hydrogen) atoms. The van der Waals surface area contributed by atoms with Crippen LogP contribution < -0.4 is 17.0 Å². The van der Waals surface area contributed by atoms with Gasteiger partial charge in [0.2, 0.25) is 0 Å². The second-order valence-corrected chi connectivity index (χ2v) is 4.09. The van der Waals surface area contributed by atoms with Crippen molar-refractivity contribution in [2.24, 2.45) is 0 Å². The second kappa shape index (κ2) is 7.10. The number of halogens is 2. The molecule has 0 N–H and O–H groups in total. The van der Waals surface area contributed by atoms with E-state index in [2.05, 4.69) is 43.3 Å². The van der Waals surface area contributed by atoms with Crippen LogP contribution in [0.25, 0.3) is 0 Å². The van der Waals surface area contributed by atoms with Crippen LogP contribution in [0.5, 0.6) is 0 Å². The number of likely N-dealkylation sites (N-methyl/N-ethyl adjacent to an activating group) is 1. The van der Waals surface area contributed by atoms with Crippen molar-refractivity contribution in [1.82, 2.24) is 0 Å². The van der Waals surface area contributed by atoms with Gasteiger partial charge in [0, 0.05) is 4.48 Å². The first-order valence-corrected chi connectivity index (χ1v) is 5.08. The fourth-order valence-corrected chi connectivity index (χ4v) is 1.90. The minimum absolute atomic E-state index is 0. The summed E-state index contributed by atoms with van der Waals surface area (Å²) in [5, 5.41) is 0. The standard InChI is InChI=1S/C9H19BrN.BrH/c1-5-11(6-2,7-3)8-9(4)10;/h4-8H2,1-3H3;1H/q+1;/p-1. The minimum Gasteiger partial charge on any atom is -1.00 e. The zero-order valence-electron chi connectivity index (χ0n) is 8.24. The van der Waals surface area contributed by atoms with Crippen molar-refractivity contribution in [3.05, 3.63) is 11.1 Å². The van der Waals surface area contributed by atoms with Crippen LogP contribution in [0.2, 0.25) is 0 Å². The summed E-state index contributed by atoms with van der Waals surface area (Å²) in [5.74, 6) is 0. The van der Waals surface area contributed by atoms with Gasteiger partial charge in [0.1, 0.15) is 6.54 Å². The van der Waals surface area contributed by atoms with E-state index in [1.807, 2.05) is 0 Å². The third-order valence-corrected chi connectivity index (χ3v) is 2.77. The molecule has 0 heterocycles. The van der Waals surface area contributed by atoms with Gasteiger partial charge in [-0.25, -0.2) is 0 Å². The summed E-state index contributed by atoms with van der Waals surface area (Å²) in [6.45, 7) is 15.2. The molecule has 0 fully saturated rings. The Morgan fingerprint density at radius 2 is 1.50 bits per heavy atom. The van der Waals surface area contributed by atoms with E-state index in [1.54, 1.807) is 0 Å². The lowest BCUT2D eigenvalue weighted by Gasteiger charge is -2.35. The Kier molecular flexibility index (Phi) is 8.96. The fraction of sp³-hybridized carbons (Fsp3) is 0.778. The zero-order chi connectivity index (χ0) is 8.91. The normalized spacial score (nSPS) is 10.7. The van der Waals surface area contributed by atoms with Crippen LogP contribution >= 0.6 is 15.9 Å². The maximum absolute atomic E-state index is 3.88. The summed E-state index contributed by atoms with van der Waals surface area (Å²) in [6, 6.07) is 0. The molecule has 0 unspecified atom stereocenters. The SMILES string of the molecule is C=C(Br)C[N+](CC)(CC)CC.[Br-]. The summed E-state index contributed by atoms with van der Waals surface area (Å²) in [7, 11) is 0. The van der Waals surface area contributed by atoms with Gasteiger partial charge in [-0.15, -0.1) is 0 Å². The fourth-order valence-electron chi connectivity index (χ4n) is 1.37. The van der Waals surface area contributed by atoms with Crippen molar-refractivity contribution >= 4 is 15.9 Å². The molecule has 0 radical (unpaired) electrons. The Labute approximate surface area is 95.3 Å². The number of rotatable bonds is 5. The van der Waals surface area contributed by atoms with Crippen LogP contribution in [-0.4, -0.2) is 30.7 Å². The molecule has 0 rings (SSSR count). The molecule has 0 aliphatic rings.